The maximum atomic E-state index is 11.5. The highest BCUT2D eigenvalue weighted by Crippen LogP contribution is 2.26. The van der Waals surface area contributed by atoms with Gasteiger partial charge in [0.2, 0.25) is 5.91 Å². The van der Waals surface area contributed by atoms with E-state index >= 15 is 0 Å². The number of rotatable bonds is 9. The van der Waals surface area contributed by atoms with Crippen LogP contribution in [0.5, 0.6) is 5.75 Å². The first-order chi connectivity index (χ1) is 10.7. The molecule has 0 bridgehead atoms. The van der Waals surface area contributed by atoms with E-state index in [-0.39, 0.29) is 0 Å². The molecule has 1 saturated heterocycles. The first-order valence-electron chi connectivity index (χ1n) is 8.10. The average Bonchev–Trinajstić information content (AvgIpc) is 2.91. The van der Waals surface area contributed by atoms with E-state index in [4.69, 9.17) is 4.74 Å². The highest BCUT2D eigenvalue weighted by atomic mass is 79.9. The number of carbonyl (C=O) groups is 1. The van der Waals surface area contributed by atoms with Gasteiger partial charge in [-0.2, -0.15) is 0 Å². The monoisotopic (exact) mass is 368 g/mol. The van der Waals surface area contributed by atoms with Crippen molar-refractivity contribution in [2.24, 2.45) is 0 Å². The van der Waals surface area contributed by atoms with Crippen LogP contribution in [0.1, 0.15) is 38.2 Å². The number of nitrogens with zero attached hydrogens (tertiary/aromatic N) is 1. The Morgan fingerprint density at radius 1 is 1.41 bits per heavy atom. The van der Waals surface area contributed by atoms with Gasteiger partial charge >= 0.3 is 0 Å². The first-order valence-corrected chi connectivity index (χ1v) is 8.89. The molecule has 1 fully saturated rings. The molecule has 1 aliphatic rings. The fourth-order valence-corrected chi connectivity index (χ4v) is 3.09. The number of benzene rings is 1. The third kappa shape index (κ3) is 5.29. The summed E-state index contributed by atoms with van der Waals surface area (Å²) in [5.74, 6) is 1.21. The summed E-state index contributed by atoms with van der Waals surface area (Å²) >= 11 is 3.55. The van der Waals surface area contributed by atoms with Gasteiger partial charge in [-0.05, 0) is 59.4 Å². The van der Waals surface area contributed by atoms with Crippen LogP contribution in [0.4, 0.5) is 0 Å². The van der Waals surface area contributed by atoms with Crippen molar-refractivity contribution in [3.8, 4) is 5.75 Å². The minimum absolute atomic E-state index is 0.312. The summed E-state index contributed by atoms with van der Waals surface area (Å²) in [4.78, 5) is 13.5. The molecule has 122 valence electrons. The molecule has 1 heterocycles. The molecule has 0 unspecified atom stereocenters. The third-order valence-corrected chi connectivity index (χ3v) is 4.36. The van der Waals surface area contributed by atoms with Gasteiger partial charge in [0.1, 0.15) is 5.75 Å². The zero-order valence-corrected chi connectivity index (χ0v) is 14.8. The van der Waals surface area contributed by atoms with Crippen LogP contribution in [-0.2, 0) is 11.3 Å². The van der Waals surface area contributed by atoms with E-state index in [1.54, 1.807) is 0 Å². The zero-order valence-electron chi connectivity index (χ0n) is 13.2. The van der Waals surface area contributed by atoms with Gasteiger partial charge in [-0.15, -0.1) is 0 Å². The van der Waals surface area contributed by atoms with Crippen molar-refractivity contribution in [3.05, 3.63) is 28.2 Å². The normalized spacial score (nSPS) is 14.6. The molecule has 1 aromatic carbocycles. The topological polar surface area (TPSA) is 41.6 Å². The largest absolute Gasteiger partial charge is 0.492 e. The van der Waals surface area contributed by atoms with E-state index in [0.717, 1.165) is 68.7 Å². The molecule has 1 amide bonds. The van der Waals surface area contributed by atoms with Crippen LogP contribution in [0.25, 0.3) is 0 Å². The van der Waals surface area contributed by atoms with Gasteiger partial charge < -0.3 is 15.0 Å². The molecule has 2 rings (SSSR count). The highest BCUT2D eigenvalue weighted by molar-refractivity contribution is 9.10. The van der Waals surface area contributed by atoms with Crippen molar-refractivity contribution in [1.29, 1.82) is 0 Å². The molecule has 0 aliphatic carbocycles. The van der Waals surface area contributed by atoms with E-state index in [0.29, 0.717) is 5.91 Å². The van der Waals surface area contributed by atoms with Crippen LogP contribution in [0.15, 0.2) is 22.7 Å². The maximum absolute atomic E-state index is 11.5. The molecule has 4 nitrogen and oxygen atoms in total. The Bertz CT molecular complexity index is 494. The predicted octanol–water partition coefficient (Wildman–Crippen LogP) is 3.34. The number of carbonyl (C=O) groups excluding carboxylic acids is 1. The fraction of sp³-hybridized carbons (Fsp3) is 0.588. The molecule has 5 heteroatoms. The lowest BCUT2D eigenvalue weighted by Crippen LogP contribution is -2.28. The quantitative estimate of drug-likeness (QED) is 0.679. The van der Waals surface area contributed by atoms with Crippen molar-refractivity contribution in [3.63, 3.8) is 0 Å². The van der Waals surface area contributed by atoms with Crippen LogP contribution >= 0.6 is 15.9 Å². The molecule has 22 heavy (non-hydrogen) atoms. The lowest BCUT2D eigenvalue weighted by atomic mass is 10.2. The number of ether oxygens (including phenoxy) is 1. The Labute approximate surface area is 141 Å². The number of likely N-dealkylation sites (tertiary alicyclic amines) is 1. The summed E-state index contributed by atoms with van der Waals surface area (Å²) in [7, 11) is 0. The average molecular weight is 369 g/mol. The SMILES string of the molecule is CCCOc1ccc(CNCCCN2CCCC2=O)cc1Br. The fourth-order valence-electron chi connectivity index (χ4n) is 2.55. The van der Waals surface area contributed by atoms with Crippen molar-refractivity contribution >= 4 is 21.8 Å². The second kappa shape index (κ2) is 9.16. The summed E-state index contributed by atoms with van der Waals surface area (Å²) in [6, 6.07) is 6.20. The first kappa shape index (κ1) is 17.3. The molecule has 0 saturated carbocycles. The molecular weight excluding hydrogens is 344 g/mol. The van der Waals surface area contributed by atoms with Crippen LogP contribution in [-0.4, -0.2) is 37.0 Å². The predicted molar refractivity (Wildman–Crippen MR) is 92.1 cm³/mol. The van der Waals surface area contributed by atoms with Crippen molar-refractivity contribution in [2.45, 2.75) is 39.2 Å². The molecule has 0 spiro atoms. The van der Waals surface area contributed by atoms with E-state index in [1.165, 1.54) is 5.56 Å². The molecule has 0 aromatic heterocycles. The Balaban J connectivity index is 1.66. The maximum Gasteiger partial charge on any atom is 0.222 e. The summed E-state index contributed by atoms with van der Waals surface area (Å²) in [5, 5.41) is 3.43. The lowest BCUT2D eigenvalue weighted by Gasteiger charge is -2.15. The third-order valence-electron chi connectivity index (χ3n) is 3.74. The summed E-state index contributed by atoms with van der Waals surface area (Å²) in [6.07, 6.45) is 3.76. The Kier molecular flexibility index (Phi) is 7.19. The van der Waals surface area contributed by atoms with Gasteiger partial charge in [0, 0.05) is 26.1 Å². The Morgan fingerprint density at radius 2 is 2.27 bits per heavy atom. The minimum atomic E-state index is 0.312. The number of halogens is 1. The van der Waals surface area contributed by atoms with E-state index < -0.39 is 0 Å². The number of hydrogen-bond acceptors (Lipinski definition) is 3. The van der Waals surface area contributed by atoms with E-state index in [2.05, 4.69) is 40.3 Å². The Hall–Kier alpha value is -1.07. The smallest absolute Gasteiger partial charge is 0.222 e. The molecule has 0 atom stereocenters. The summed E-state index contributed by atoms with van der Waals surface area (Å²) in [6.45, 7) is 6.41. The van der Waals surface area contributed by atoms with Crippen molar-refractivity contribution in [1.82, 2.24) is 10.2 Å². The second-order valence-electron chi connectivity index (χ2n) is 5.63. The molecule has 1 aliphatic heterocycles. The molecular formula is C17H25BrN2O2. The summed E-state index contributed by atoms with van der Waals surface area (Å²) < 4.78 is 6.65. The number of nitrogens with one attached hydrogen (secondary N) is 1. The van der Waals surface area contributed by atoms with Crippen molar-refractivity contribution in [2.75, 3.05) is 26.2 Å². The van der Waals surface area contributed by atoms with E-state index in [9.17, 15) is 4.79 Å². The molecule has 1 aromatic rings. The van der Waals surface area contributed by atoms with E-state index in [1.807, 2.05) is 11.0 Å². The zero-order chi connectivity index (χ0) is 15.8. The molecule has 1 N–H and O–H groups in total. The van der Waals surface area contributed by atoms with Crippen LogP contribution in [0.2, 0.25) is 0 Å². The van der Waals surface area contributed by atoms with Gasteiger partial charge in [0.05, 0.1) is 11.1 Å². The number of amides is 1. The van der Waals surface area contributed by atoms with Gasteiger partial charge in [-0.25, -0.2) is 0 Å². The summed E-state index contributed by atoms with van der Waals surface area (Å²) in [5.41, 5.74) is 1.23. The van der Waals surface area contributed by atoms with Crippen LogP contribution in [0.3, 0.4) is 0 Å². The van der Waals surface area contributed by atoms with Crippen LogP contribution in [0, 0.1) is 0 Å². The van der Waals surface area contributed by atoms with Gasteiger partial charge in [-0.3, -0.25) is 4.79 Å². The van der Waals surface area contributed by atoms with Gasteiger partial charge in [-0.1, -0.05) is 13.0 Å². The van der Waals surface area contributed by atoms with Crippen LogP contribution < -0.4 is 10.1 Å². The van der Waals surface area contributed by atoms with Gasteiger partial charge in [0.25, 0.3) is 0 Å². The van der Waals surface area contributed by atoms with Crippen molar-refractivity contribution < 1.29 is 9.53 Å². The lowest BCUT2D eigenvalue weighted by molar-refractivity contribution is -0.127. The highest BCUT2D eigenvalue weighted by Gasteiger charge is 2.18. The van der Waals surface area contributed by atoms with Gasteiger partial charge in [0.15, 0.2) is 0 Å². The molecule has 0 radical (unpaired) electrons. The second-order valence-corrected chi connectivity index (χ2v) is 6.48. The standard InChI is InChI=1S/C17H25BrN2O2/c1-2-11-22-16-7-6-14(12-15(16)18)13-19-8-4-10-20-9-3-5-17(20)21/h6-7,12,19H,2-5,8-11,13H2,1H3. The minimum Gasteiger partial charge on any atom is -0.492 e. The Morgan fingerprint density at radius 3 is 2.95 bits per heavy atom. The number of hydrogen-bond donors (Lipinski definition) is 1.